The molecule has 1 aliphatic rings. The van der Waals surface area contributed by atoms with Gasteiger partial charge in [0.05, 0.1) is 6.04 Å². The fraction of sp³-hybridized carbons (Fsp3) is 0.375. The Morgan fingerprint density at radius 1 is 1.29 bits per heavy atom. The summed E-state index contributed by atoms with van der Waals surface area (Å²) in [7, 11) is 1.18. The van der Waals surface area contributed by atoms with Crippen LogP contribution in [-0.4, -0.2) is 27.1 Å². The third kappa shape index (κ3) is 3.13. The Labute approximate surface area is 141 Å². The first kappa shape index (κ1) is 16.8. The molecule has 0 aliphatic carbocycles. The van der Waals surface area contributed by atoms with Crippen molar-refractivity contribution in [2.24, 2.45) is 7.05 Å². The van der Waals surface area contributed by atoms with E-state index in [2.05, 4.69) is 5.10 Å². The Morgan fingerprint density at radius 2 is 1.96 bits per heavy atom. The summed E-state index contributed by atoms with van der Waals surface area (Å²) in [6, 6.07) is 7.77. The molecule has 1 aliphatic heterocycles. The van der Waals surface area contributed by atoms with Crippen LogP contribution in [0.4, 0.5) is 13.2 Å². The number of amides is 1. The summed E-state index contributed by atoms with van der Waals surface area (Å²) in [4.78, 5) is 14.2. The van der Waals surface area contributed by atoms with Crippen molar-refractivity contribution in [3.8, 4) is 0 Å². The van der Waals surface area contributed by atoms with Crippen LogP contribution in [0.15, 0.2) is 30.3 Å². The molecule has 128 valence electrons. The number of halogens is 4. The average Bonchev–Trinajstić information content (AvgIpc) is 3.13. The van der Waals surface area contributed by atoms with Gasteiger partial charge in [-0.1, -0.05) is 23.7 Å². The Hall–Kier alpha value is -2.02. The van der Waals surface area contributed by atoms with Crippen LogP contribution in [0.2, 0.25) is 5.02 Å². The van der Waals surface area contributed by atoms with Gasteiger partial charge >= 0.3 is 6.18 Å². The smallest absolute Gasteiger partial charge is 0.330 e. The van der Waals surface area contributed by atoms with Crippen molar-refractivity contribution in [3.05, 3.63) is 52.3 Å². The Kier molecular flexibility index (Phi) is 4.29. The molecule has 0 saturated carbocycles. The summed E-state index contributed by atoms with van der Waals surface area (Å²) < 4.78 is 39.3. The standard InChI is InChI=1S/C16H15ClF3N3O/c1-22-14(16(18,19)20)9-12(21-22)15(24)23-8-2-3-13(23)10-4-6-11(17)7-5-10/h4-7,9,13H,2-3,8H2,1H3/t13-/m1/s1. The van der Waals surface area contributed by atoms with E-state index in [0.717, 1.165) is 24.5 Å². The van der Waals surface area contributed by atoms with E-state index in [-0.39, 0.29) is 11.7 Å². The van der Waals surface area contributed by atoms with Crippen molar-refractivity contribution in [1.29, 1.82) is 0 Å². The molecule has 1 fully saturated rings. The average molecular weight is 358 g/mol. The van der Waals surface area contributed by atoms with Crippen molar-refractivity contribution in [2.45, 2.75) is 25.1 Å². The number of hydrogen-bond donors (Lipinski definition) is 0. The zero-order valence-electron chi connectivity index (χ0n) is 12.8. The molecule has 8 heteroatoms. The Bertz CT molecular complexity index is 755. The van der Waals surface area contributed by atoms with E-state index < -0.39 is 17.8 Å². The van der Waals surface area contributed by atoms with Gasteiger partial charge < -0.3 is 4.90 Å². The van der Waals surface area contributed by atoms with Gasteiger partial charge in [0.15, 0.2) is 5.69 Å². The van der Waals surface area contributed by atoms with Crippen LogP contribution in [0.25, 0.3) is 0 Å². The van der Waals surface area contributed by atoms with Gasteiger partial charge in [-0.15, -0.1) is 0 Å². The number of likely N-dealkylation sites (tertiary alicyclic amines) is 1. The number of rotatable bonds is 2. The van der Waals surface area contributed by atoms with Crippen LogP contribution in [-0.2, 0) is 13.2 Å². The number of alkyl halides is 3. The third-order valence-corrected chi connectivity index (χ3v) is 4.41. The summed E-state index contributed by atoms with van der Waals surface area (Å²) in [6.45, 7) is 0.490. The van der Waals surface area contributed by atoms with E-state index in [4.69, 9.17) is 11.6 Å². The van der Waals surface area contributed by atoms with Gasteiger partial charge in [-0.3, -0.25) is 9.48 Å². The predicted molar refractivity (Wildman–Crippen MR) is 82.7 cm³/mol. The third-order valence-electron chi connectivity index (χ3n) is 4.16. The molecule has 1 saturated heterocycles. The van der Waals surface area contributed by atoms with Crippen LogP contribution in [0.3, 0.4) is 0 Å². The number of nitrogens with zero attached hydrogens (tertiary/aromatic N) is 3. The molecule has 0 spiro atoms. The minimum atomic E-state index is -4.54. The quantitative estimate of drug-likeness (QED) is 0.812. The second-order valence-corrected chi connectivity index (χ2v) is 6.18. The maximum absolute atomic E-state index is 12.9. The summed E-state index contributed by atoms with van der Waals surface area (Å²) in [5, 5.41) is 4.34. The Morgan fingerprint density at radius 3 is 2.54 bits per heavy atom. The fourth-order valence-electron chi connectivity index (χ4n) is 3.03. The molecule has 0 N–H and O–H groups in total. The molecular formula is C16H15ClF3N3O. The summed E-state index contributed by atoms with van der Waals surface area (Å²) in [5.74, 6) is -0.487. The van der Waals surface area contributed by atoms with E-state index in [1.807, 2.05) is 12.1 Å². The first-order chi connectivity index (χ1) is 11.3. The van der Waals surface area contributed by atoms with Crippen LogP contribution in [0, 0.1) is 0 Å². The van der Waals surface area contributed by atoms with Gasteiger partial charge in [-0.05, 0) is 30.5 Å². The molecule has 4 nitrogen and oxygen atoms in total. The molecule has 1 atom stereocenters. The van der Waals surface area contributed by atoms with Crippen molar-refractivity contribution in [3.63, 3.8) is 0 Å². The van der Waals surface area contributed by atoms with Crippen molar-refractivity contribution < 1.29 is 18.0 Å². The number of hydrogen-bond acceptors (Lipinski definition) is 2. The maximum atomic E-state index is 12.9. The highest BCUT2D eigenvalue weighted by atomic mass is 35.5. The van der Waals surface area contributed by atoms with Gasteiger partial charge in [0.2, 0.25) is 0 Å². The van der Waals surface area contributed by atoms with Crippen molar-refractivity contribution >= 4 is 17.5 Å². The molecule has 3 rings (SSSR count). The lowest BCUT2D eigenvalue weighted by atomic mass is 10.0. The molecule has 2 heterocycles. The van der Waals surface area contributed by atoms with Gasteiger partial charge in [-0.2, -0.15) is 18.3 Å². The van der Waals surface area contributed by atoms with Crippen molar-refractivity contribution in [1.82, 2.24) is 14.7 Å². The van der Waals surface area contributed by atoms with Crippen LogP contribution >= 0.6 is 11.6 Å². The first-order valence-corrected chi connectivity index (χ1v) is 7.83. The number of benzene rings is 1. The van der Waals surface area contributed by atoms with Gasteiger partial charge in [0, 0.05) is 24.7 Å². The lowest BCUT2D eigenvalue weighted by Crippen LogP contribution is -2.31. The largest absolute Gasteiger partial charge is 0.433 e. The molecule has 1 aromatic carbocycles. The fourth-order valence-corrected chi connectivity index (χ4v) is 3.15. The van der Waals surface area contributed by atoms with Gasteiger partial charge in [-0.25, -0.2) is 0 Å². The van der Waals surface area contributed by atoms with Gasteiger partial charge in [0.1, 0.15) is 5.69 Å². The van der Waals surface area contributed by atoms with Crippen LogP contribution < -0.4 is 0 Å². The molecule has 1 aromatic heterocycles. The highest BCUT2D eigenvalue weighted by molar-refractivity contribution is 6.30. The molecule has 0 bridgehead atoms. The molecule has 1 amide bonds. The predicted octanol–water partition coefficient (Wildman–Crippen LogP) is 4.07. The minimum Gasteiger partial charge on any atom is -0.330 e. The topological polar surface area (TPSA) is 38.1 Å². The van der Waals surface area contributed by atoms with E-state index >= 15 is 0 Å². The normalized spacial score (nSPS) is 18.2. The lowest BCUT2D eigenvalue weighted by molar-refractivity contribution is -0.143. The number of aryl methyl sites for hydroxylation is 1. The number of carbonyl (C=O) groups excluding carboxylic acids is 1. The van der Waals surface area contributed by atoms with E-state index in [1.165, 1.54) is 7.05 Å². The Balaban J connectivity index is 1.87. The van der Waals surface area contributed by atoms with Gasteiger partial charge in [0.25, 0.3) is 5.91 Å². The SMILES string of the molecule is Cn1nc(C(=O)N2CCC[C@@H]2c2ccc(Cl)cc2)cc1C(F)(F)F. The zero-order valence-corrected chi connectivity index (χ0v) is 13.6. The molecule has 2 aromatic rings. The molecule has 0 unspecified atom stereocenters. The minimum absolute atomic E-state index is 0.175. The number of aromatic nitrogens is 2. The summed E-state index contributed by atoms with van der Waals surface area (Å²) in [6.07, 6.45) is -2.99. The monoisotopic (exact) mass is 357 g/mol. The zero-order chi connectivity index (χ0) is 17.5. The second kappa shape index (κ2) is 6.12. The molecular weight excluding hydrogens is 343 g/mol. The van der Waals surface area contributed by atoms with Crippen LogP contribution in [0.1, 0.15) is 40.6 Å². The van der Waals surface area contributed by atoms with Crippen LogP contribution in [0.5, 0.6) is 0 Å². The highest BCUT2D eigenvalue weighted by Crippen LogP contribution is 2.34. The second-order valence-electron chi connectivity index (χ2n) is 5.74. The van der Waals surface area contributed by atoms with E-state index in [1.54, 1.807) is 17.0 Å². The number of carbonyl (C=O) groups is 1. The highest BCUT2D eigenvalue weighted by Gasteiger charge is 2.38. The molecule has 24 heavy (non-hydrogen) atoms. The summed E-state index contributed by atoms with van der Waals surface area (Å²) in [5.41, 5.74) is -0.212. The van der Waals surface area contributed by atoms with E-state index in [0.29, 0.717) is 16.2 Å². The summed E-state index contributed by atoms with van der Waals surface area (Å²) >= 11 is 5.88. The lowest BCUT2D eigenvalue weighted by Gasteiger charge is -2.24. The first-order valence-electron chi connectivity index (χ1n) is 7.45. The van der Waals surface area contributed by atoms with Crippen molar-refractivity contribution in [2.75, 3.05) is 6.54 Å². The van der Waals surface area contributed by atoms with E-state index in [9.17, 15) is 18.0 Å². The molecule has 0 radical (unpaired) electrons. The maximum Gasteiger partial charge on any atom is 0.433 e.